The second-order valence-electron chi connectivity index (χ2n) is 7.86. The molecule has 0 unspecified atom stereocenters. The summed E-state index contributed by atoms with van der Waals surface area (Å²) in [6.45, 7) is 3.96. The summed E-state index contributed by atoms with van der Waals surface area (Å²) in [7, 11) is 0. The fraction of sp³-hybridized carbons (Fsp3) is 0.280. The third-order valence-electron chi connectivity index (χ3n) is 5.58. The van der Waals surface area contributed by atoms with Crippen molar-refractivity contribution < 1.29 is 23.9 Å². The van der Waals surface area contributed by atoms with Crippen LogP contribution in [-0.4, -0.2) is 70.6 Å². The smallest absolute Gasteiger partial charge is 0.409 e. The number of carbonyl (C=O) groups is 4. The minimum atomic E-state index is -0.363. The zero-order chi connectivity index (χ0) is 24.1. The maximum Gasteiger partial charge on any atom is 0.409 e. The first-order valence-corrected chi connectivity index (χ1v) is 11.9. The van der Waals surface area contributed by atoms with Crippen LogP contribution in [0.2, 0.25) is 0 Å². The number of ether oxygens (including phenoxy) is 1. The molecular formula is C25H25N3O5S. The Bertz CT molecular complexity index is 1130. The fourth-order valence-corrected chi connectivity index (χ4v) is 4.64. The number of amides is 4. The van der Waals surface area contributed by atoms with Gasteiger partial charge in [0.15, 0.2) is 0 Å². The Balaban J connectivity index is 1.42. The number of thioether (sulfide) groups is 1. The minimum absolute atomic E-state index is 0.143. The maximum absolute atomic E-state index is 13.0. The summed E-state index contributed by atoms with van der Waals surface area (Å²) in [6.07, 6.45) is 1.28. The van der Waals surface area contributed by atoms with Crippen LogP contribution in [0.5, 0.6) is 0 Å². The van der Waals surface area contributed by atoms with Gasteiger partial charge < -0.3 is 14.5 Å². The van der Waals surface area contributed by atoms with Crippen LogP contribution in [0.15, 0.2) is 59.5 Å². The summed E-state index contributed by atoms with van der Waals surface area (Å²) in [5.74, 6) is -0.485. The number of piperazine rings is 1. The topological polar surface area (TPSA) is 87.2 Å². The van der Waals surface area contributed by atoms with E-state index in [0.717, 1.165) is 17.3 Å². The Morgan fingerprint density at radius 3 is 2.38 bits per heavy atom. The molecule has 0 radical (unpaired) electrons. The zero-order valence-electron chi connectivity index (χ0n) is 18.8. The van der Waals surface area contributed by atoms with Crippen molar-refractivity contribution >= 4 is 41.0 Å². The van der Waals surface area contributed by atoms with Crippen LogP contribution in [-0.2, 0) is 16.1 Å². The van der Waals surface area contributed by atoms with Crippen LogP contribution in [0.4, 0.5) is 9.59 Å². The summed E-state index contributed by atoms with van der Waals surface area (Å²) < 4.78 is 5.02. The van der Waals surface area contributed by atoms with E-state index >= 15 is 0 Å². The van der Waals surface area contributed by atoms with Gasteiger partial charge in [-0.05, 0) is 48.0 Å². The minimum Gasteiger partial charge on any atom is -0.450 e. The van der Waals surface area contributed by atoms with Gasteiger partial charge in [-0.15, -0.1) is 0 Å². The molecule has 34 heavy (non-hydrogen) atoms. The van der Waals surface area contributed by atoms with Gasteiger partial charge in [-0.1, -0.05) is 42.5 Å². The molecule has 0 bridgehead atoms. The van der Waals surface area contributed by atoms with E-state index in [9.17, 15) is 19.2 Å². The predicted molar refractivity (Wildman–Crippen MR) is 129 cm³/mol. The third kappa shape index (κ3) is 5.31. The van der Waals surface area contributed by atoms with E-state index in [0.29, 0.717) is 48.8 Å². The Morgan fingerprint density at radius 1 is 0.971 bits per heavy atom. The molecule has 9 heteroatoms. The molecule has 0 N–H and O–H groups in total. The highest BCUT2D eigenvalue weighted by molar-refractivity contribution is 8.18. The number of nitrogens with zero attached hydrogens (tertiary/aromatic N) is 3. The van der Waals surface area contributed by atoms with E-state index in [1.165, 1.54) is 4.90 Å². The molecule has 0 spiro atoms. The SMILES string of the molecule is CCOC(=O)N1CCN(C(=O)c2cccc(C=C3SC(=O)N(Cc4ccccc4)C3=O)c2)CC1. The van der Waals surface area contributed by atoms with Gasteiger partial charge in [0.25, 0.3) is 17.1 Å². The Hall–Kier alpha value is -3.59. The lowest BCUT2D eigenvalue weighted by Gasteiger charge is -2.34. The van der Waals surface area contributed by atoms with Crippen molar-refractivity contribution in [3.05, 3.63) is 76.2 Å². The number of hydrogen-bond acceptors (Lipinski definition) is 6. The average Bonchev–Trinajstić information content (AvgIpc) is 3.12. The van der Waals surface area contributed by atoms with Gasteiger partial charge in [-0.3, -0.25) is 19.3 Å². The van der Waals surface area contributed by atoms with Crippen LogP contribution >= 0.6 is 11.8 Å². The second kappa shape index (κ2) is 10.6. The van der Waals surface area contributed by atoms with Crippen molar-refractivity contribution in [1.29, 1.82) is 0 Å². The van der Waals surface area contributed by atoms with Gasteiger partial charge in [0.1, 0.15) is 0 Å². The Labute approximate surface area is 202 Å². The monoisotopic (exact) mass is 479 g/mol. The van der Waals surface area contributed by atoms with E-state index in [2.05, 4.69) is 0 Å². The van der Waals surface area contributed by atoms with Gasteiger partial charge in [0, 0.05) is 31.7 Å². The first-order chi connectivity index (χ1) is 16.5. The largest absolute Gasteiger partial charge is 0.450 e. The van der Waals surface area contributed by atoms with Gasteiger partial charge in [0.2, 0.25) is 0 Å². The average molecular weight is 480 g/mol. The number of rotatable bonds is 5. The van der Waals surface area contributed by atoms with Crippen molar-refractivity contribution in [2.24, 2.45) is 0 Å². The molecule has 0 aromatic heterocycles. The number of imide groups is 1. The van der Waals surface area contributed by atoms with Crippen LogP contribution < -0.4 is 0 Å². The van der Waals surface area contributed by atoms with Gasteiger partial charge in [-0.25, -0.2) is 4.79 Å². The highest BCUT2D eigenvalue weighted by atomic mass is 32.2. The summed E-state index contributed by atoms with van der Waals surface area (Å²) in [6, 6.07) is 16.3. The van der Waals surface area contributed by atoms with Crippen molar-refractivity contribution in [1.82, 2.24) is 14.7 Å². The molecular weight excluding hydrogens is 454 g/mol. The van der Waals surface area contributed by atoms with E-state index in [1.807, 2.05) is 30.3 Å². The molecule has 2 aromatic carbocycles. The van der Waals surface area contributed by atoms with Crippen molar-refractivity contribution in [3.8, 4) is 0 Å². The lowest BCUT2D eigenvalue weighted by molar-refractivity contribution is -0.123. The van der Waals surface area contributed by atoms with Crippen molar-refractivity contribution in [3.63, 3.8) is 0 Å². The molecule has 2 aromatic rings. The molecule has 2 aliphatic rings. The fourth-order valence-electron chi connectivity index (χ4n) is 3.80. The molecule has 8 nitrogen and oxygen atoms in total. The quantitative estimate of drug-likeness (QED) is 0.606. The van der Waals surface area contributed by atoms with Crippen molar-refractivity contribution in [2.45, 2.75) is 13.5 Å². The van der Waals surface area contributed by atoms with Gasteiger partial charge >= 0.3 is 6.09 Å². The first kappa shape index (κ1) is 23.6. The standard InChI is InChI=1S/C25H25N3O5S/c1-2-33-24(31)27-13-11-26(12-14-27)22(29)20-10-6-9-19(15-20)16-21-23(30)28(25(32)34-21)17-18-7-4-3-5-8-18/h3-10,15-16H,2,11-14,17H2,1H3. The van der Waals surface area contributed by atoms with Crippen LogP contribution in [0.1, 0.15) is 28.4 Å². The molecule has 0 atom stereocenters. The van der Waals surface area contributed by atoms with E-state index in [1.54, 1.807) is 47.1 Å². The van der Waals surface area contributed by atoms with Crippen LogP contribution in [0, 0.1) is 0 Å². The summed E-state index contributed by atoms with van der Waals surface area (Å²) >= 11 is 0.899. The number of benzene rings is 2. The predicted octanol–water partition coefficient (Wildman–Crippen LogP) is 3.84. The zero-order valence-corrected chi connectivity index (χ0v) is 19.6. The number of carbonyl (C=O) groups excluding carboxylic acids is 4. The lowest BCUT2D eigenvalue weighted by atomic mass is 10.1. The molecule has 2 saturated heterocycles. The van der Waals surface area contributed by atoms with E-state index in [-0.39, 0.29) is 29.7 Å². The van der Waals surface area contributed by atoms with Crippen LogP contribution in [0.3, 0.4) is 0 Å². The highest BCUT2D eigenvalue weighted by Gasteiger charge is 2.35. The molecule has 2 fully saturated rings. The highest BCUT2D eigenvalue weighted by Crippen LogP contribution is 2.33. The summed E-state index contributed by atoms with van der Waals surface area (Å²) in [5.41, 5.74) is 2.03. The summed E-state index contributed by atoms with van der Waals surface area (Å²) in [5, 5.41) is -0.313. The van der Waals surface area contributed by atoms with Crippen LogP contribution in [0.25, 0.3) is 6.08 Å². The number of hydrogen-bond donors (Lipinski definition) is 0. The normalized spacial score (nSPS) is 17.4. The first-order valence-electron chi connectivity index (χ1n) is 11.1. The molecule has 4 amide bonds. The molecule has 176 valence electrons. The summed E-state index contributed by atoms with van der Waals surface area (Å²) in [4.78, 5) is 54.9. The lowest BCUT2D eigenvalue weighted by Crippen LogP contribution is -2.50. The van der Waals surface area contributed by atoms with E-state index in [4.69, 9.17) is 4.74 Å². The Morgan fingerprint density at radius 2 is 1.68 bits per heavy atom. The third-order valence-corrected chi connectivity index (χ3v) is 6.49. The van der Waals surface area contributed by atoms with Gasteiger partial charge in [-0.2, -0.15) is 0 Å². The second-order valence-corrected chi connectivity index (χ2v) is 8.85. The van der Waals surface area contributed by atoms with Crippen molar-refractivity contribution in [2.75, 3.05) is 32.8 Å². The van der Waals surface area contributed by atoms with E-state index < -0.39 is 0 Å². The maximum atomic E-state index is 13.0. The molecule has 0 aliphatic carbocycles. The van der Waals surface area contributed by atoms with Gasteiger partial charge in [0.05, 0.1) is 18.1 Å². The molecule has 2 aliphatic heterocycles. The molecule has 2 heterocycles. The molecule has 4 rings (SSSR count). The Kier molecular flexibility index (Phi) is 7.32. The molecule has 0 saturated carbocycles.